The second kappa shape index (κ2) is 7.41. The van der Waals surface area contributed by atoms with Gasteiger partial charge in [0.25, 0.3) is 0 Å². The van der Waals surface area contributed by atoms with Crippen molar-refractivity contribution in [3.63, 3.8) is 0 Å². The van der Waals surface area contributed by atoms with Gasteiger partial charge in [-0.3, -0.25) is 5.10 Å². The quantitative estimate of drug-likeness (QED) is 0.760. The summed E-state index contributed by atoms with van der Waals surface area (Å²) in [5.74, 6) is 0.793. The van der Waals surface area contributed by atoms with Crippen LogP contribution in [-0.4, -0.2) is 39.6 Å². The van der Waals surface area contributed by atoms with Crippen LogP contribution in [0.25, 0.3) is 0 Å². The third-order valence-electron chi connectivity index (χ3n) is 3.88. The lowest BCUT2D eigenvalue weighted by atomic mass is 9.94. The Morgan fingerprint density at radius 2 is 2.08 bits per heavy atom. The number of ether oxygens (including phenoxy) is 2. The first-order valence-electron chi connectivity index (χ1n) is 7.82. The zero-order valence-corrected chi connectivity index (χ0v) is 13.2. The molecule has 0 unspecified atom stereocenters. The summed E-state index contributed by atoms with van der Waals surface area (Å²) in [6, 6.07) is 9.42. The van der Waals surface area contributed by atoms with E-state index in [-0.39, 0.29) is 13.2 Å². The van der Waals surface area contributed by atoms with Gasteiger partial charge in [0, 0.05) is 26.1 Å². The van der Waals surface area contributed by atoms with Crippen molar-refractivity contribution < 1.29 is 19.4 Å². The molecule has 3 N–H and O–H groups in total. The molecule has 1 saturated heterocycles. The Kier molecular flexibility index (Phi) is 5.07. The molecule has 2 heterocycles. The molecule has 0 aliphatic carbocycles. The van der Waals surface area contributed by atoms with Crippen molar-refractivity contribution in [2.75, 3.05) is 13.2 Å². The van der Waals surface area contributed by atoms with Crippen molar-refractivity contribution in [3.05, 3.63) is 47.5 Å². The third kappa shape index (κ3) is 4.09. The fourth-order valence-corrected chi connectivity index (χ4v) is 2.45. The van der Waals surface area contributed by atoms with Crippen LogP contribution < -0.4 is 5.32 Å². The molecule has 24 heavy (non-hydrogen) atoms. The second-order valence-electron chi connectivity index (χ2n) is 5.66. The molecular weight excluding hydrogens is 312 g/mol. The maximum Gasteiger partial charge on any atom is 0.407 e. The van der Waals surface area contributed by atoms with Gasteiger partial charge in [-0.05, 0) is 5.56 Å². The number of hydrogen-bond acceptors (Lipinski definition) is 6. The lowest BCUT2D eigenvalue weighted by Gasteiger charge is -2.28. The molecule has 2 aromatic rings. The number of rotatable bonds is 5. The lowest BCUT2D eigenvalue weighted by molar-refractivity contribution is -0.0732. The summed E-state index contributed by atoms with van der Waals surface area (Å²) < 4.78 is 10.4. The van der Waals surface area contributed by atoms with E-state index >= 15 is 0 Å². The molecule has 3 rings (SSSR count). The van der Waals surface area contributed by atoms with E-state index in [9.17, 15) is 9.90 Å². The molecule has 8 nitrogen and oxygen atoms in total. The Morgan fingerprint density at radius 1 is 1.33 bits per heavy atom. The summed E-state index contributed by atoms with van der Waals surface area (Å²) in [6.45, 7) is 1.30. The van der Waals surface area contributed by atoms with E-state index < -0.39 is 11.7 Å². The first kappa shape index (κ1) is 16.4. The zero-order chi connectivity index (χ0) is 16.8. The minimum atomic E-state index is -1.07. The highest BCUT2D eigenvalue weighted by Gasteiger charge is 2.35. The van der Waals surface area contributed by atoms with Crippen molar-refractivity contribution in [1.82, 2.24) is 20.5 Å². The number of benzene rings is 1. The van der Waals surface area contributed by atoms with Crippen LogP contribution in [0, 0.1) is 0 Å². The van der Waals surface area contributed by atoms with Crippen LogP contribution in [0.1, 0.15) is 30.1 Å². The first-order valence-corrected chi connectivity index (χ1v) is 7.82. The van der Waals surface area contributed by atoms with Crippen LogP contribution in [-0.2, 0) is 28.2 Å². The largest absolute Gasteiger partial charge is 0.445 e. The number of alkyl carbamates (subject to hydrolysis) is 1. The fraction of sp³-hybridized carbons (Fsp3) is 0.438. The van der Waals surface area contributed by atoms with Gasteiger partial charge >= 0.3 is 6.09 Å². The highest BCUT2D eigenvalue weighted by Crippen LogP contribution is 2.29. The van der Waals surface area contributed by atoms with E-state index in [1.54, 1.807) is 0 Å². The minimum absolute atomic E-state index is 0.146. The number of aromatic nitrogens is 3. The molecule has 1 aliphatic heterocycles. The molecular formula is C16H20N4O4. The number of carbonyl (C=O) groups is 1. The van der Waals surface area contributed by atoms with Gasteiger partial charge in [0.2, 0.25) is 0 Å². The molecule has 0 spiro atoms. The number of H-pyrrole nitrogens is 1. The number of nitrogens with one attached hydrogen (secondary N) is 2. The molecule has 0 saturated carbocycles. The molecule has 0 atom stereocenters. The molecule has 1 aliphatic rings. The van der Waals surface area contributed by atoms with Gasteiger partial charge in [0.05, 0.1) is 6.54 Å². The van der Waals surface area contributed by atoms with E-state index in [0.717, 1.165) is 5.56 Å². The van der Waals surface area contributed by atoms with Crippen LogP contribution in [0.4, 0.5) is 4.79 Å². The number of carbonyl (C=O) groups excluding carboxylic acids is 1. The number of aliphatic hydroxyl groups is 1. The summed E-state index contributed by atoms with van der Waals surface area (Å²) in [7, 11) is 0. The van der Waals surface area contributed by atoms with Crippen molar-refractivity contribution >= 4 is 6.09 Å². The Labute approximate surface area is 139 Å². The van der Waals surface area contributed by atoms with Gasteiger partial charge in [0.1, 0.15) is 18.0 Å². The maximum absolute atomic E-state index is 11.7. The van der Waals surface area contributed by atoms with Crippen LogP contribution in [0.5, 0.6) is 0 Å². The van der Waals surface area contributed by atoms with Gasteiger partial charge in [0.15, 0.2) is 5.82 Å². The standard InChI is InChI=1S/C16H20N4O4/c21-15(24-11-12-4-2-1-3-5-12)17-10-13-18-14(20-19-13)16(22)6-8-23-9-7-16/h1-5,22H,6-11H2,(H,17,21)(H,18,19,20). The van der Waals surface area contributed by atoms with Gasteiger partial charge < -0.3 is 19.9 Å². The van der Waals surface area contributed by atoms with E-state index in [2.05, 4.69) is 20.5 Å². The molecule has 0 radical (unpaired) electrons. The van der Waals surface area contributed by atoms with Crippen LogP contribution in [0.2, 0.25) is 0 Å². The average Bonchev–Trinajstić information content (AvgIpc) is 3.10. The van der Waals surface area contributed by atoms with Crippen molar-refractivity contribution in [2.24, 2.45) is 0 Å². The van der Waals surface area contributed by atoms with Crippen LogP contribution in [0.15, 0.2) is 30.3 Å². The molecule has 128 valence electrons. The molecule has 0 bridgehead atoms. The van der Waals surface area contributed by atoms with Crippen molar-refractivity contribution in [3.8, 4) is 0 Å². The summed E-state index contributed by atoms with van der Waals surface area (Å²) in [6.07, 6.45) is 0.370. The molecule has 1 aromatic heterocycles. The van der Waals surface area contributed by atoms with Gasteiger partial charge in [-0.25, -0.2) is 9.78 Å². The third-order valence-corrected chi connectivity index (χ3v) is 3.88. The van der Waals surface area contributed by atoms with Gasteiger partial charge in [-0.2, -0.15) is 5.10 Å². The summed E-state index contributed by atoms with van der Waals surface area (Å²) in [5.41, 5.74) is -0.155. The van der Waals surface area contributed by atoms with E-state index in [4.69, 9.17) is 9.47 Å². The topological polar surface area (TPSA) is 109 Å². The maximum atomic E-state index is 11.7. The van der Waals surface area contributed by atoms with Crippen molar-refractivity contribution in [1.29, 1.82) is 0 Å². The molecule has 8 heteroatoms. The average molecular weight is 332 g/mol. The molecule has 1 fully saturated rings. The summed E-state index contributed by atoms with van der Waals surface area (Å²) in [4.78, 5) is 16.0. The van der Waals surface area contributed by atoms with Crippen LogP contribution >= 0.6 is 0 Å². The minimum Gasteiger partial charge on any atom is -0.445 e. The number of amides is 1. The summed E-state index contributed by atoms with van der Waals surface area (Å²) in [5, 5.41) is 19.9. The Bertz CT molecular complexity index is 668. The Hall–Kier alpha value is -2.45. The van der Waals surface area contributed by atoms with E-state index in [1.165, 1.54) is 0 Å². The highest BCUT2D eigenvalue weighted by molar-refractivity contribution is 5.67. The van der Waals surface area contributed by atoms with E-state index in [1.807, 2.05) is 30.3 Å². The highest BCUT2D eigenvalue weighted by atomic mass is 16.5. The summed E-state index contributed by atoms with van der Waals surface area (Å²) >= 11 is 0. The van der Waals surface area contributed by atoms with Gasteiger partial charge in [-0.1, -0.05) is 30.3 Å². The number of aromatic amines is 1. The SMILES string of the molecule is O=C(NCc1nc(C2(O)CCOCC2)n[nH]1)OCc1ccccc1. The Morgan fingerprint density at radius 3 is 2.83 bits per heavy atom. The zero-order valence-electron chi connectivity index (χ0n) is 13.2. The normalized spacial score (nSPS) is 16.5. The predicted octanol–water partition coefficient (Wildman–Crippen LogP) is 1.23. The smallest absolute Gasteiger partial charge is 0.407 e. The predicted molar refractivity (Wildman–Crippen MR) is 83.8 cm³/mol. The number of hydrogen-bond donors (Lipinski definition) is 3. The van der Waals surface area contributed by atoms with Crippen LogP contribution in [0.3, 0.4) is 0 Å². The fourth-order valence-electron chi connectivity index (χ4n) is 2.45. The second-order valence-corrected chi connectivity index (χ2v) is 5.66. The lowest BCUT2D eigenvalue weighted by Crippen LogP contribution is -2.34. The van der Waals surface area contributed by atoms with Crippen molar-refractivity contribution in [2.45, 2.75) is 31.6 Å². The molecule has 1 amide bonds. The van der Waals surface area contributed by atoms with E-state index in [0.29, 0.717) is 37.7 Å². The number of nitrogens with zero attached hydrogens (tertiary/aromatic N) is 2. The first-order chi connectivity index (χ1) is 11.7. The van der Waals surface area contributed by atoms with Gasteiger partial charge in [-0.15, -0.1) is 0 Å². The molecule has 1 aromatic carbocycles. The monoisotopic (exact) mass is 332 g/mol. The Balaban J connectivity index is 1.47.